The lowest BCUT2D eigenvalue weighted by atomic mass is 10.2. The Morgan fingerprint density at radius 1 is 0.840 bits per heavy atom. The maximum Gasteiger partial charge on any atom is 0.331 e. The van der Waals surface area contributed by atoms with Crippen LogP contribution in [0.5, 0.6) is 0 Å². The highest BCUT2D eigenvalue weighted by Crippen LogP contribution is 2.05. The third-order valence-electron chi connectivity index (χ3n) is 3.50. The minimum absolute atomic E-state index is 0.120. The molecule has 0 heterocycles. The van der Waals surface area contributed by atoms with Gasteiger partial charge >= 0.3 is 5.97 Å². The quantitative estimate of drug-likeness (QED) is 0.587. The zero-order chi connectivity index (χ0) is 17.7. The molecule has 0 radical (unpaired) electrons. The highest BCUT2D eigenvalue weighted by atomic mass is 16.6. The van der Waals surface area contributed by atoms with Crippen molar-refractivity contribution in [2.24, 2.45) is 0 Å². The van der Waals surface area contributed by atoms with Gasteiger partial charge < -0.3 is 18.9 Å². The average molecular weight is 344 g/mol. The van der Waals surface area contributed by atoms with Crippen molar-refractivity contribution in [1.82, 2.24) is 0 Å². The third kappa shape index (κ3) is 7.94. The van der Waals surface area contributed by atoms with Gasteiger partial charge in [0.05, 0.1) is 33.5 Å². The van der Waals surface area contributed by atoms with Crippen molar-refractivity contribution in [2.75, 3.05) is 26.9 Å². The van der Waals surface area contributed by atoms with Gasteiger partial charge in [-0.1, -0.05) is 60.7 Å². The van der Waals surface area contributed by atoms with Crippen LogP contribution in [0.15, 0.2) is 60.7 Å². The summed E-state index contributed by atoms with van der Waals surface area (Å²) in [6.45, 7) is 1.52. The zero-order valence-corrected chi connectivity index (χ0v) is 14.4. The molecule has 0 aliphatic heterocycles. The Labute approximate surface area is 148 Å². The predicted molar refractivity (Wildman–Crippen MR) is 94.0 cm³/mol. The van der Waals surface area contributed by atoms with Crippen LogP contribution < -0.4 is 0 Å². The lowest BCUT2D eigenvalue weighted by molar-refractivity contribution is -0.151. The number of methoxy groups -OCH3 is 1. The molecule has 0 aliphatic carbocycles. The molecule has 0 aromatic heterocycles. The van der Waals surface area contributed by atoms with Crippen molar-refractivity contribution < 1.29 is 23.7 Å². The van der Waals surface area contributed by atoms with Crippen molar-refractivity contribution in [2.45, 2.75) is 19.3 Å². The van der Waals surface area contributed by atoms with Crippen LogP contribution in [-0.2, 0) is 37.0 Å². The van der Waals surface area contributed by atoms with E-state index in [2.05, 4.69) is 4.74 Å². The topological polar surface area (TPSA) is 54.0 Å². The Balaban J connectivity index is 1.76. The van der Waals surface area contributed by atoms with E-state index in [1.807, 2.05) is 60.7 Å². The molecular formula is C20H24O5. The SMILES string of the molecule is COC(=O)COC(COCc1ccccc1)COCc1ccccc1. The molecule has 2 aromatic carbocycles. The standard InChI is InChI=1S/C20H24O5/c1-22-20(21)16-25-19(14-23-12-17-8-4-2-5-9-17)15-24-13-18-10-6-3-7-11-18/h2-11,19H,12-16H2,1H3. The number of carbonyl (C=O) groups is 1. The van der Waals surface area contributed by atoms with Crippen LogP contribution in [0.3, 0.4) is 0 Å². The normalized spacial score (nSPS) is 10.8. The van der Waals surface area contributed by atoms with Gasteiger partial charge in [0.15, 0.2) is 0 Å². The molecule has 0 spiro atoms. The number of hydrogen-bond donors (Lipinski definition) is 0. The van der Waals surface area contributed by atoms with Gasteiger partial charge in [-0.05, 0) is 11.1 Å². The first-order valence-corrected chi connectivity index (χ1v) is 8.19. The molecule has 0 saturated heterocycles. The summed E-state index contributed by atoms with van der Waals surface area (Å²) in [7, 11) is 1.33. The highest BCUT2D eigenvalue weighted by molar-refractivity contribution is 5.70. The van der Waals surface area contributed by atoms with Gasteiger partial charge in [-0.25, -0.2) is 4.79 Å². The fraction of sp³-hybridized carbons (Fsp3) is 0.350. The molecule has 25 heavy (non-hydrogen) atoms. The Morgan fingerprint density at radius 3 is 1.76 bits per heavy atom. The number of hydrogen-bond acceptors (Lipinski definition) is 5. The smallest absolute Gasteiger partial charge is 0.331 e. The molecular weight excluding hydrogens is 320 g/mol. The molecule has 0 N–H and O–H groups in total. The van der Waals surface area contributed by atoms with E-state index in [1.54, 1.807) is 0 Å². The summed E-state index contributed by atoms with van der Waals surface area (Å²) in [6, 6.07) is 19.8. The first-order chi connectivity index (χ1) is 12.3. The van der Waals surface area contributed by atoms with E-state index in [4.69, 9.17) is 14.2 Å². The molecule has 2 aromatic rings. The van der Waals surface area contributed by atoms with E-state index in [0.717, 1.165) is 11.1 Å². The molecule has 0 bridgehead atoms. The van der Waals surface area contributed by atoms with Crippen molar-refractivity contribution in [1.29, 1.82) is 0 Å². The number of esters is 1. The second-order valence-electron chi connectivity index (χ2n) is 5.51. The van der Waals surface area contributed by atoms with Gasteiger partial charge in [0.1, 0.15) is 12.7 Å². The first-order valence-electron chi connectivity index (χ1n) is 8.19. The lowest BCUT2D eigenvalue weighted by Gasteiger charge is -2.18. The molecule has 2 rings (SSSR count). The largest absolute Gasteiger partial charge is 0.467 e. The van der Waals surface area contributed by atoms with E-state index >= 15 is 0 Å². The van der Waals surface area contributed by atoms with Crippen LogP contribution in [0.2, 0.25) is 0 Å². The highest BCUT2D eigenvalue weighted by Gasteiger charge is 2.13. The van der Waals surface area contributed by atoms with Crippen LogP contribution >= 0.6 is 0 Å². The first kappa shape index (κ1) is 19.1. The molecule has 0 unspecified atom stereocenters. The minimum atomic E-state index is -0.420. The van der Waals surface area contributed by atoms with Gasteiger partial charge in [0, 0.05) is 0 Å². The van der Waals surface area contributed by atoms with E-state index in [-0.39, 0.29) is 12.7 Å². The van der Waals surface area contributed by atoms with Crippen molar-refractivity contribution in [3.05, 3.63) is 71.8 Å². The summed E-state index contributed by atoms with van der Waals surface area (Å²) in [5, 5.41) is 0. The number of carbonyl (C=O) groups excluding carboxylic acids is 1. The van der Waals surface area contributed by atoms with Gasteiger partial charge in [-0.3, -0.25) is 0 Å². The third-order valence-corrected chi connectivity index (χ3v) is 3.50. The Morgan fingerprint density at radius 2 is 1.32 bits per heavy atom. The van der Waals surface area contributed by atoms with Gasteiger partial charge in [0.25, 0.3) is 0 Å². The minimum Gasteiger partial charge on any atom is -0.467 e. The summed E-state index contributed by atoms with van der Waals surface area (Å²) in [5.41, 5.74) is 2.17. The van der Waals surface area contributed by atoms with Crippen LogP contribution in [-0.4, -0.2) is 39.0 Å². The van der Waals surface area contributed by atoms with Crippen LogP contribution in [0.25, 0.3) is 0 Å². The fourth-order valence-corrected chi connectivity index (χ4v) is 2.15. The summed E-state index contributed by atoms with van der Waals surface area (Å²) < 4.78 is 21.5. The molecule has 134 valence electrons. The van der Waals surface area contributed by atoms with Gasteiger partial charge in [-0.2, -0.15) is 0 Å². The van der Waals surface area contributed by atoms with Crippen LogP contribution in [0.1, 0.15) is 11.1 Å². The molecule has 0 atom stereocenters. The zero-order valence-electron chi connectivity index (χ0n) is 14.4. The summed E-state index contributed by atoms with van der Waals surface area (Å²) in [6.07, 6.45) is -0.341. The molecule has 0 amide bonds. The molecule has 5 nitrogen and oxygen atoms in total. The van der Waals surface area contributed by atoms with Crippen molar-refractivity contribution in [3.8, 4) is 0 Å². The monoisotopic (exact) mass is 344 g/mol. The van der Waals surface area contributed by atoms with E-state index < -0.39 is 5.97 Å². The average Bonchev–Trinajstić information content (AvgIpc) is 2.67. The fourth-order valence-electron chi connectivity index (χ4n) is 2.15. The summed E-state index contributed by atoms with van der Waals surface area (Å²) in [4.78, 5) is 11.3. The van der Waals surface area contributed by atoms with Crippen molar-refractivity contribution >= 4 is 5.97 Å². The molecule has 0 aliphatic rings. The Bertz CT molecular complexity index is 554. The molecule has 0 saturated carbocycles. The summed E-state index contributed by atoms with van der Waals surface area (Å²) in [5.74, 6) is -0.420. The second-order valence-corrected chi connectivity index (χ2v) is 5.51. The maximum absolute atomic E-state index is 11.3. The van der Waals surface area contributed by atoms with Crippen LogP contribution in [0, 0.1) is 0 Å². The summed E-state index contributed by atoms with van der Waals surface area (Å²) >= 11 is 0. The van der Waals surface area contributed by atoms with Gasteiger partial charge in [0.2, 0.25) is 0 Å². The molecule has 0 fully saturated rings. The maximum atomic E-state index is 11.3. The number of benzene rings is 2. The Hall–Kier alpha value is -2.21. The van der Waals surface area contributed by atoms with Crippen molar-refractivity contribution in [3.63, 3.8) is 0 Å². The molecule has 5 heteroatoms. The predicted octanol–water partition coefficient (Wildman–Crippen LogP) is 2.98. The van der Waals surface area contributed by atoms with E-state index in [0.29, 0.717) is 26.4 Å². The number of ether oxygens (including phenoxy) is 4. The van der Waals surface area contributed by atoms with Gasteiger partial charge in [-0.15, -0.1) is 0 Å². The number of rotatable bonds is 11. The lowest BCUT2D eigenvalue weighted by Crippen LogP contribution is -2.28. The van der Waals surface area contributed by atoms with Crippen LogP contribution in [0.4, 0.5) is 0 Å². The second kappa shape index (κ2) is 11.4. The van der Waals surface area contributed by atoms with E-state index in [1.165, 1.54) is 7.11 Å². The Kier molecular flexibility index (Phi) is 8.69. The van der Waals surface area contributed by atoms with E-state index in [9.17, 15) is 4.79 Å².